The van der Waals surface area contributed by atoms with Crippen LogP contribution in [0.3, 0.4) is 0 Å². The average Bonchev–Trinajstić information content (AvgIpc) is 1.66. The van der Waals surface area contributed by atoms with Crippen molar-refractivity contribution < 1.29 is 57.3 Å². The number of nitrogens with two attached hydrogens (primary N) is 4. The molecule has 4 aliphatic rings. The Balaban J connectivity index is 0.000000144. The van der Waals surface area contributed by atoms with Crippen molar-refractivity contribution in [2.75, 3.05) is 39.3 Å². The number of para-hydroxylation sites is 4. The van der Waals surface area contributed by atoms with Crippen molar-refractivity contribution >= 4 is 92.6 Å². The van der Waals surface area contributed by atoms with Crippen LogP contribution in [0.15, 0.2) is 244 Å². The molecule has 4 aliphatic heterocycles. The first-order chi connectivity index (χ1) is 61.2. The van der Waals surface area contributed by atoms with Crippen molar-refractivity contribution in [3.05, 3.63) is 283 Å². The third-order valence-electron chi connectivity index (χ3n) is 21.0. The number of benzene rings is 8. The molecule has 8 N–H and O–H groups in total. The lowest BCUT2D eigenvalue weighted by molar-refractivity contribution is -0.127. The Hall–Kier alpha value is -14.2. The van der Waals surface area contributed by atoms with Gasteiger partial charge >= 0.3 is 0 Å². The highest BCUT2D eigenvalue weighted by atomic mass is 32.1. The Morgan fingerprint density at radius 2 is 0.659 bits per heavy atom. The summed E-state index contributed by atoms with van der Waals surface area (Å²) in [7, 11) is 0. The number of rotatable bonds is 24. The van der Waals surface area contributed by atoms with Gasteiger partial charge in [0, 0.05) is 98.3 Å². The van der Waals surface area contributed by atoms with Crippen LogP contribution in [0.1, 0.15) is 136 Å². The predicted molar refractivity (Wildman–Crippen MR) is 492 cm³/mol. The van der Waals surface area contributed by atoms with Crippen LogP contribution in [0.25, 0.3) is 45.0 Å². The molecule has 16 rings (SSSR count). The maximum absolute atomic E-state index is 12.3. The summed E-state index contributed by atoms with van der Waals surface area (Å²) in [5.41, 5.74) is 28.0. The first-order valence-electron chi connectivity index (χ1n) is 41.0. The number of piperidine rings is 2. The van der Waals surface area contributed by atoms with Crippen molar-refractivity contribution in [1.82, 2.24) is 39.5 Å². The highest BCUT2D eigenvalue weighted by molar-refractivity contribution is 7.15. The van der Waals surface area contributed by atoms with Gasteiger partial charge in [-0.3, -0.25) is 38.4 Å². The van der Waals surface area contributed by atoms with Crippen LogP contribution in [0.5, 0.6) is 46.0 Å². The molecule has 0 aliphatic carbocycles. The van der Waals surface area contributed by atoms with Crippen LogP contribution in [0, 0.1) is 23.7 Å². The predicted octanol–water partition coefficient (Wildman–Crippen LogP) is 17.7. The summed E-state index contributed by atoms with van der Waals surface area (Å²) in [6.45, 7) is 14.4. The van der Waals surface area contributed by atoms with E-state index >= 15 is 0 Å². The molecule has 0 bridgehead atoms. The molecule has 8 heterocycles. The van der Waals surface area contributed by atoms with Crippen LogP contribution in [-0.4, -0.2) is 138 Å². The average molecular weight is 1760 g/mol. The Kier molecular flexibility index (Phi) is 30.8. The maximum atomic E-state index is 12.3. The molecule has 640 valence electrons. The minimum absolute atomic E-state index is 0.0322. The zero-order valence-electron chi connectivity index (χ0n) is 69.4. The number of hydrogen-bond donors (Lipinski definition) is 4. The number of amides is 8. The van der Waals surface area contributed by atoms with E-state index in [0.717, 1.165) is 123 Å². The van der Waals surface area contributed by atoms with Gasteiger partial charge in [-0.2, -0.15) is 0 Å². The molecule has 4 aromatic heterocycles. The molecular formula is C98H92N12O12S4. The van der Waals surface area contributed by atoms with E-state index in [4.69, 9.17) is 61.8 Å². The first kappa shape index (κ1) is 89.6. The molecule has 0 saturated carbocycles. The number of aromatic nitrogens is 4. The van der Waals surface area contributed by atoms with E-state index in [2.05, 4.69) is 36.8 Å². The molecule has 0 spiro atoms. The van der Waals surface area contributed by atoms with Crippen molar-refractivity contribution in [3.8, 4) is 115 Å². The van der Waals surface area contributed by atoms with E-state index in [1.54, 1.807) is 28.5 Å². The lowest BCUT2D eigenvalue weighted by Gasteiger charge is -2.31. The second-order valence-corrected chi connectivity index (χ2v) is 33.9. The minimum atomic E-state index is -0.510. The van der Waals surface area contributed by atoms with Gasteiger partial charge in [0.25, 0.3) is 35.4 Å². The van der Waals surface area contributed by atoms with Crippen molar-refractivity contribution in [2.24, 2.45) is 22.9 Å². The number of hydrogen-bond acceptors (Lipinski definition) is 20. The van der Waals surface area contributed by atoms with E-state index in [1.165, 1.54) is 57.5 Å². The fourth-order valence-electron chi connectivity index (χ4n) is 15.0. The molecular weight excluding hydrogens is 1670 g/mol. The van der Waals surface area contributed by atoms with Gasteiger partial charge in [0.15, 0.2) is 0 Å². The van der Waals surface area contributed by atoms with Gasteiger partial charge in [-0.05, 0) is 235 Å². The summed E-state index contributed by atoms with van der Waals surface area (Å²) in [6, 6.07) is 67.9. The second kappa shape index (κ2) is 43.2. The fraction of sp³-hybridized carbons (Fsp3) is 0.224. The summed E-state index contributed by atoms with van der Waals surface area (Å²) < 4.78 is 23.3. The quantitative estimate of drug-likeness (QED) is 0.0322. The number of carbonyl (C=O) groups is 8. The van der Waals surface area contributed by atoms with Gasteiger partial charge in [0.05, 0.1) is 42.8 Å². The van der Waals surface area contributed by atoms with Crippen LogP contribution in [0.4, 0.5) is 0 Å². The van der Waals surface area contributed by atoms with E-state index in [0.29, 0.717) is 111 Å². The van der Waals surface area contributed by atoms with E-state index in [9.17, 15) is 38.4 Å². The summed E-state index contributed by atoms with van der Waals surface area (Å²) in [6.07, 6.45) is 11.1. The standard InChI is InChI=1S/2C25H23N3O3S.2C24H23N3O3S/c1-2-7-22(29)28-15-6-8-18(28)16-21-27-23(24(32-21)25(26)30)17-11-13-20(14-12-17)31-19-9-4-3-5-10-19;1-2-7-21(29)28-15-6-8-18(16-28)25-27-22(23(32-25)24(26)30)17-11-13-20(14-12-17)31-19-9-4-3-5-10-19;1-2-21(28)27-14-6-7-17(27)15-20-26-22(23(31-20)24(25)29)16-10-12-19(13-11-16)30-18-8-4-3-5-9-18;1-2-20(28)27-14-6-7-17(15-27)24-26-21(22(31-24)23(25)29)16-10-12-19(13-11-16)30-18-8-4-3-5-9-18/h2*3-5,9-14,18H,6,8,15-16H2,1H3,(H2,26,30);2*2-5,8-13,17H,1,6-7,14-15H2,(H2,25,29)/t2*18-;2*17-/m0101/s1. The zero-order valence-corrected chi connectivity index (χ0v) is 72.7. The normalized spacial score (nSPS) is 15.6. The largest absolute Gasteiger partial charge is 0.457 e. The minimum Gasteiger partial charge on any atom is -0.457 e. The Morgan fingerprint density at radius 1 is 0.365 bits per heavy atom. The SMILES string of the molecule is C=CC(=O)N1CCC[C@@H](c2nc(-c3ccc(Oc4ccccc4)cc3)c(C(N)=O)s2)C1.C=CC(=O)N1CCC[C@H]1Cc1nc(-c2ccc(Oc3ccccc3)cc2)c(C(N)=O)s1.CC#CC(=O)N1CCC[C@@H](c2nc(-c3ccc(Oc4ccccc4)cc3)c(C(N)=O)s2)C1.CC#CC(=O)N1CCC[C@H]1Cc1nc(-c2ccc(Oc3ccccc3)cc2)c(C(N)=O)s1. The molecule has 4 fully saturated rings. The fourth-order valence-corrected chi connectivity index (χ4v) is 19.2. The number of likely N-dealkylation sites (tertiary alicyclic amines) is 4. The third kappa shape index (κ3) is 23.4. The maximum Gasteiger partial charge on any atom is 0.298 e. The van der Waals surface area contributed by atoms with Crippen molar-refractivity contribution in [1.29, 1.82) is 0 Å². The topological polar surface area (TPSA) is 342 Å². The molecule has 0 unspecified atom stereocenters. The summed E-state index contributed by atoms with van der Waals surface area (Å²) in [4.78, 5) is 125. The molecule has 0 radical (unpaired) electrons. The van der Waals surface area contributed by atoms with Crippen LogP contribution in [-0.2, 0) is 32.0 Å². The molecule has 8 aromatic carbocycles. The molecule has 12 aromatic rings. The highest BCUT2D eigenvalue weighted by Crippen LogP contribution is 2.41. The molecule has 8 amide bonds. The van der Waals surface area contributed by atoms with Gasteiger partial charge in [-0.25, -0.2) is 19.9 Å². The van der Waals surface area contributed by atoms with Gasteiger partial charge < -0.3 is 61.5 Å². The number of nitrogens with zero attached hydrogens (tertiary/aromatic N) is 8. The third-order valence-corrected chi connectivity index (χ3v) is 25.7. The highest BCUT2D eigenvalue weighted by Gasteiger charge is 2.34. The van der Waals surface area contributed by atoms with Gasteiger partial charge in [0.1, 0.15) is 65.5 Å². The molecule has 126 heavy (non-hydrogen) atoms. The van der Waals surface area contributed by atoms with Gasteiger partial charge in [-0.1, -0.05) is 97.8 Å². The lowest BCUT2D eigenvalue weighted by atomic mass is 9.98. The number of ether oxygens (including phenoxy) is 4. The molecule has 24 nitrogen and oxygen atoms in total. The Labute approximate surface area is 746 Å². The smallest absolute Gasteiger partial charge is 0.298 e. The summed E-state index contributed by atoms with van der Waals surface area (Å²) in [5, 5.41) is 3.23. The van der Waals surface area contributed by atoms with Gasteiger partial charge in [-0.15, -0.1) is 45.3 Å². The Morgan fingerprint density at radius 3 is 1.00 bits per heavy atom. The van der Waals surface area contributed by atoms with Crippen molar-refractivity contribution in [2.45, 2.75) is 102 Å². The van der Waals surface area contributed by atoms with Gasteiger partial charge in [0.2, 0.25) is 11.8 Å². The second-order valence-electron chi connectivity index (χ2n) is 29.6. The van der Waals surface area contributed by atoms with Crippen molar-refractivity contribution in [3.63, 3.8) is 0 Å². The molecule has 28 heteroatoms. The summed E-state index contributed by atoms with van der Waals surface area (Å²) >= 11 is 5.22. The zero-order chi connectivity index (χ0) is 88.6. The van der Waals surface area contributed by atoms with E-state index < -0.39 is 23.6 Å². The van der Waals surface area contributed by atoms with Crippen LogP contribution >= 0.6 is 45.3 Å². The number of thiazole rings is 4. The molecule has 4 atom stereocenters. The van der Waals surface area contributed by atoms with Crippen LogP contribution < -0.4 is 41.9 Å². The molecule has 4 saturated heterocycles. The summed E-state index contributed by atoms with van der Waals surface area (Å²) in [5.74, 6) is 14.0. The lowest BCUT2D eigenvalue weighted by Crippen LogP contribution is -2.38. The van der Waals surface area contributed by atoms with Crippen LogP contribution in [0.2, 0.25) is 0 Å². The number of carbonyl (C=O) groups excluding carboxylic acids is 8. The first-order valence-corrected chi connectivity index (χ1v) is 44.3. The number of primary amides is 4. The van der Waals surface area contributed by atoms with E-state index in [1.807, 2.05) is 223 Å². The Bertz CT molecular complexity index is 6000. The monoisotopic (exact) mass is 1760 g/mol. The van der Waals surface area contributed by atoms with E-state index in [-0.39, 0.29) is 47.5 Å².